The summed E-state index contributed by atoms with van der Waals surface area (Å²) < 4.78 is 2.72. The molecule has 4 unspecified atom stereocenters. The van der Waals surface area contributed by atoms with Gasteiger partial charge in [0.15, 0.2) is 0 Å². The molecule has 2 bridgehead atoms. The van der Waals surface area contributed by atoms with Gasteiger partial charge in [0.25, 0.3) is 0 Å². The number of hydrogen-bond acceptors (Lipinski definition) is 4. The highest BCUT2D eigenvalue weighted by molar-refractivity contribution is 9.10. The van der Waals surface area contributed by atoms with Crippen LogP contribution >= 0.6 is 62.2 Å². The molecule has 5 atom stereocenters. The Bertz CT molecular complexity index is 1340. The number of nitrogens with zero attached hydrogens (tertiary/aromatic N) is 1. The number of amides is 1. The molecule has 0 spiro atoms. The average molecular weight is 596 g/mol. The molecule has 1 N–H and O–H groups in total. The minimum absolute atomic E-state index is 0.0174. The van der Waals surface area contributed by atoms with E-state index in [2.05, 4.69) is 45.5 Å². The van der Waals surface area contributed by atoms with Crippen LogP contribution in [-0.2, 0) is 11.3 Å². The summed E-state index contributed by atoms with van der Waals surface area (Å²) in [4.78, 5) is 27.1. The van der Waals surface area contributed by atoms with Crippen LogP contribution in [0.3, 0.4) is 0 Å². The smallest absolute Gasteiger partial charge is 0.308 e. The molecule has 1 aromatic heterocycles. The lowest BCUT2D eigenvalue weighted by molar-refractivity contribution is -0.116. The van der Waals surface area contributed by atoms with E-state index in [0.717, 1.165) is 14.4 Å². The first-order chi connectivity index (χ1) is 16.4. The highest BCUT2D eigenvalue weighted by Gasteiger charge is 2.55. The number of hydrogen-bond donors (Lipinski definition) is 1. The summed E-state index contributed by atoms with van der Waals surface area (Å²) >= 11 is 18.8. The lowest BCUT2D eigenvalue weighted by Crippen LogP contribution is -2.34. The lowest BCUT2D eigenvalue weighted by Gasteiger charge is -2.40. The second-order valence-corrected chi connectivity index (χ2v) is 13.2. The van der Waals surface area contributed by atoms with E-state index in [-0.39, 0.29) is 23.2 Å². The number of rotatable bonds is 4. The van der Waals surface area contributed by atoms with E-state index in [0.29, 0.717) is 38.7 Å². The van der Waals surface area contributed by atoms with Crippen molar-refractivity contribution in [3.63, 3.8) is 0 Å². The zero-order valence-electron chi connectivity index (χ0n) is 18.0. The van der Waals surface area contributed by atoms with Crippen molar-refractivity contribution in [3.05, 3.63) is 77.1 Å². The Balaban J connectivity index is 1.35. The Morgan fingerprint density at radius 3 is 2.62 bits per heavy atom. The van der Waals surface area contributed by atoms with Crippen LogP contribution in [0.1, 0.15) is 35.6 Å². The van der Waals surface area contributed by atoms with Crippen molar-refractivity contribution < 1.29 is 4.79 Å². The average Bonchev–Trinajstić information content (AvgIpc) is 3.50. The molecule has 6 rings (SSSR count). The number of carbonyl (C=O) groups excluding carboxylic acids is 1. The number of anilines is 1. The van der Waals surface area contributed by atoms with Crippen LogP contribution in [-0.4, -0.2) is 15.7 Å². The molecule has 2 aliphatic carbocycles. The summed E-state index contributed by atoms with van der Waals surface area (Å²) in [5.41, 5.74) is 1.83. The molecule has 4 nitrogen and oxygen atoms in total. The summed E-state index contributed by atoms with van der Waals surface area (Å²) in [5, 5.41) is 5.13. The monoisotopic (exact) mass is 594 g/mol. The standard InChI is InChI=1S/C25H21BrCl2N2O2S2/c26-15-5-3-12(4-6-15)20-21-13-1-2-14(9-13)22(21)33-24-23(20)34-25(32)30(24)11-19(31)29-16-7-8-17(27)18(28)10-16/h3-8,10,13-14,20-22H,1-2,9,11H2,(H,29,31)/t13?,14?,20-,21?,22?/m1/s1. The van der Waals surface area contributed by atoms with Crippen molar-refractivity contribution in [3.8, 4) is 0 Å². The predicted molar refractivity (Wildman–Crippen MR) is 144 cm³/mol. The van der Waals surface area contributed by atoms with Gasteiger partial charge >= 0.3 is 4.87 Å². The molecule has 1 aliphatic heterocycles. The van der Waals surface area contributed by atoms with Crippen LogP contribution in [0, 0.1) is 17.8 Å². The van der Waals surface area contributed by atoms with Crippen LogP contribution in [0.25, 0.3) is 0 Å². The van der Waals surface area contributed by atoms with Crippen molar-refractivity contribution >= 4 is 73.8 Å². The van der Waals surface area contributed by atoms with Gasteiger partial charge in [0, 0.05) is 26.2 Å². The number of halogens is 3. The number of fused-ring (bicyclic) bond motifs is 6. The van der Waals surface area contributed by atoms with Crippen molar-refractivity contribution in [2.75, 3.05) is 5.32 Å². The van der Waals surface area contributed by atoms with Gasteiger partial charge in [0.05, 0.1) is 15.1 Å². The fourth-order valence-corrected chi connectivity index (χ4v) is 9.76. The molecule has 0 saturated heterocycles. The van der Waals surface area contributed by atoms with Crippen LogP contribution in [0.4, 0.5) is 5.69 Å². The van der Waals surface area contributed by atoms with Crippen molar-refractivity contribution in [2.45, 2.75) is 42.0 Å². The second-order valence-electron chi connectivity index (χ2n) is 9.32. The van der Waals surface area contributed by atoms with Crippen LogP contribution in [0.5, 0.6) is 0 Å². The van der Waals surface area contributed by atoms with Gasteiger partial charge in [-0.3, -0.25) is 14.2 Å². The van der Waals surface area contributed by atoms with Crippen molar-refractivity contribution in [1.82, 2.24) is 4.57 Å². The number of benzene rings is 2. The number of thiazole rings is 1. The van der Waals surface area contributed by atoms with E-state index in [9.17, 15) is 9.59 Å². The molecule has 2 aromatic carbocycles. The Morgan fingerprint density at radius 2 is 1.85 bits per heavy atom. The number of thioether (sulfide) groups is 1. The minimum Gasteiger partial charge on any atom is -0.324 e. The summed E-state index contributed by atoms with van der Waals surface area (Å²) in [5.74, 6) is 1.92. The van der Waals surface area contributed by atoms with Crippen molar-refractivity contribution in [2.24, 2.45) is 17.8 Å². The Kier molecular flexibility index (Phi) is 6.13. The minimum atomic E-state index is -0.253. The molecule has 176 valence electrons. The van der Waals surface area contributed by atoms with Crippen LogP contribution in [0.15, 0.2) is 56.8 Å². The highest BCUT2D eigenvalue weighted by atomic mass is 79.9. The molecule has 3 aromatic rings. The summed E-state index contributed by atoms with van der Waals surface area (Å²) in [7, 11) is 0. The molecular formula is C25H21BrCl2N2O2S2. The topological polar surface area (TPSA) is 51.1 Å². The number of aromatic nitrogens is 1. The van der Waals surface area contributed by atoms with Gasteiger partial charge in [-0.25, -0.2) is 0 Å². The van der Waals surface area contributed by atoms with E-state index in [1.54, 1.807) is 22.8 Å². The van der Waals surface area contributed by atoms with Gasteiger partial charge in [-0.2, -0.15) is 0 Å². The number of nitrogens with one attached hydrogen (secondary N) is 1. The van der Waals surface area contributed by atoms with E-state index in [1.165, 1.54) is 36.2 Å². The molecule has 2 saturated carbocycles. The first-order valence-electron chi connectivity index (χ1n) is 11.3. The third-order valence-electron chi connectivity index (χ3n) is 7.42. The zero-order valence-corrected chi connectivity index (χ0v) is 22.7. The van der Waals surface area contributed by atoms with Gasteiger partial charge < -0.3 is 5.32 Å². The SMILES string of the molecule is O=C(Cn1c2c(sc1=O)[C@H](c1ccc(Br)cc1)C1C3CCC(C3)C1S2)Nc1ccc(Cl)c(Cl)c1. The fraction of sp³-hybridized carbons (Fsp3) is 0.360. The molecule has 0 radical (unpaired) electrons. The van der Waals surface area contributed by atoms with Gasteiger partial charge in [-0.1, -0.05) is 62.6 Å². The quantitative estimate of drug-likeness (QED) is 0.345. The molecule has 9 heteroatoms. The summed E-state index contributed by atoms with van der Waals surface area (Å²) in [6, 6.07) is 13.5. The maximum Gasteiger partial charge on any atom is 0.308 e. The Labute approximate surface area is 224 Å². The van der Waals surface area contributed by atoms with E-state index < -0.39 is 0 Å². The molecule has 2 heterocycles. The zero-order chi connectivity index (χ0) is 23.6. The van der Waals surface area contributed by atoms with E-state index >= 15 is 0 Å². The Morgan fingerprint density at radius 1 is 1.09 bits per heavy atom. The van der Waals surface area contributed by atoms with Gasteiger partial charge in [-0.15, -0.1) is 11.8 Å². The second kappa shape index (κ2) is 9.00. The van der Waals surface area contributed by atoms with E-state index in [4.69, 9.17) is 23.2 Å². The lowest BCUT2D eigenvalue weighted by atomic mass is 9.75. The molecule has 2 fully saturated rings. The molecule has 34 heavy (non-hydrogen) atoms. The third kappa shape index (κ3) is 3.97. The maximum absolute atomic E-state index is 13.2. The Hall–Kier alpha value is -1.25. The fourth-order valence-electron chi connectivity index (χ4n) is 6.05. The van der Waals surface area contributed by atoms with Gasteiger partial charge in [-0.05, 0) is 72.9 Å². The van der Waals surface area contributed by atoms with E-state index in [1.807, 2.05) is 11.8 Å². The van der Waals surface area contributed by atoms with Crippen molar-refractivity contribution in [1.29, 1.82) is 0 Å². The largest absolute Gasteiger partial charge is 0.324 e. The van der Waals surface area contributed by atoms with Crippen LogP contribution in [0.2, 0.25) is 10.0 Å². The number of carbonyl (C=O) groups is 1. The summed E-state index contributed by atoms with van der Waals surface area (Å²) in [6.45, 7) is -0.0174. The normalized spacial score (nSPS) is 26.9. The maximum atomic E-state index is 13.2. The highest BCUT2D eigenvalue weighted by Crippen LogP contribution is 2.64. The van der Waals surface area contributed by atoms with Gasteiger partial charge in [0.2, 0.25) is 5.91 Å². The molecule has 1 amide bonds. The molecular weight excluding hydrogens is 575 g/mol. The van der Waals surface area contributed by atoms with Gasteiger partial charge in [0.1, 0.15) is 6.54 Å². The predicted octanol–water partition coefficient (Wildman–Crippen LogP) is 7.27. The third-order valence-corrected chi connectivity index (χ3v) is 11.5. The van der Waals surface area contributed by atoms with Crippen LogP contribution < -0.4 is 10.2 Å². The first-order valence-corrected chi connectivity index (χ1v) is 14.5. The summed E-state index contributed by atoms with van der Waals surface area (Å²) in [6.07, 6.45) is 3.84. The molecule has 3 aliphatic rings. The first kappa shape index (κ1) is 23.2.